The van der Waals surface area contributed by atoms with Crippen molar-refractivity contribution in [3.05, 3.63) is 59.2 Å². The van der Waals surface area contributed by atoms with Crippen LogP contribution in [0.3, 0.4) is 0 Å². The van der Waals surface area contributed by atoms with E-state index in [0.29, 0.717) is 11.3 Å². The lowest BCUT2D eigenvalue weighted by atomic mass is 10.1. The molecule has 1 aliphatic heterocycles. The minimum atomic E-state index is -5.08. The summed E-state index contributed by atoms with van der Waals surface area (Å²) in [7, 11) is 0. The molecule has 1 amide bonds. The van der Waals surface area contributed by atoms with E-state index in [0.717, 1.165) is 37.2 Å². The molecule has 0 saturated carbocycles. The number of benzene rings is 2. The average Bonchev–Trinajstić information content (AvgIpc) is 2.74. The number of carbonyl (C=O) groups excluding carboxylic acids is 1. The number of aryl methyl sites for hydroxylation is 1. The molecular formula is C22H23F3N2O5. The van der Waals surface area contributed by atoms with Crippen molar-refractivity contribution in [3.63, 3.8) is 0 Å². The van der Waals surface area contributed by atoms with Crippen LogP contribution < -0.4 is 10.2 Å². The highest BCUT2D eigenvalue weighted by Gasteiger charge is 2.38. The van der Waals surface area contributed by atoms with Gasteiger partial charge < -0.3 is 20.4 Å². The van der Waals surface area contributed by atoms with Crippen LogP contribution in [-0.2, 0) is 4.79 Å². The molecule has 1 aliphatic rings. The number of aliphatic carboxylic acids is 1. The van der Waals surface area contributed by atoms with E-state index in [9.17, 15) is 27.9 Å². The molecule has 32 heavy (non-hydrogen) atoms. The zero-order chi connectivity index (χ0) is 23.9. The number of alkyl halides is 3. The predicted molar refractivity (Wildman–Crippen MR) is 112 cm³/mol. The van der Waals surface area contributed by atoms with Crippen LogP contribution in [0.1, 0.15) is 45.5 Å². The summed E-state index contributed by atoms with van der Waals surface area (Å²) in [5.74, 6) is -4.10. The summed E-state index contributed by atoms with van der Waals surface area (Å²) in [6, 6.07) is 12.5. The van der Waals surface area contributed by atoms with E-state index in [4.69, 9.17) is 9.90 Å². The highest BCUT2D eigenvalue weighted by atomic mass is 19.4. The number of halogens is 3. The number of anilines is 2. The molecule has 0 atom stereocenters. The number of carboxylic acid groups (broad SMARTS) is 2. The molecule has 0 aromatic heterocycles. The topological polar surface area (TPSA) is 107 Å². The van der Waals surface area contributed by atoms with E-state index in [1.165, 1.54) is 6.42 Å². The Labute approximate surface area is 182 Å². The summed E-state index contributed by atoms with van der Waals surface area (Å²) in [6.07, 6.45) is -1.63. The van der Waals surface area contributed by atoms with Crippen molar-refractivity contribution in [2.75, 3.05) is 23.3 Å². The number of carbonyl (C=O) groups is 3. The molecule has 2 aromatic carbocycles. The van der Waals surface area contributed by atoms with Crippen LogP contribution in [-0.4, -0.2) is 47.3 Å². The number of nitrogens with zero attached hydrogens (tertiary/aromatic N) is 1. The van der Waals surface area contributed by atoms with Gasteiger partial charge in [-0.2, -0.15) is 13.2 Å². The zero-order valence-electron chi connectivity index (χ0n) is 17.3. The number of nitrogens with one attached hydrogen (secondary N) is 1. The Morgan fingerprint density at radius 2 is 1.53 bits per heavy atom. The lowest BCUT2D eigenvalue weighted by Crippen LogP contribution is -2.29. The molecule has 0 spiro atoms. The second-order valence-electron chi connectivity index (χ2n) is 7.15. The van der Waals surface area contributed by atoms with Crippen molar-refractivity contribution in [1.29, 1.82) is 0 Å². The summed E-state index contributed by atoms with van der Waals surface area (Å²) in [5, 5.41) is 19.4. The minimum absolute atomic E-state index is 0.116. The van der Waals surface area contributed by atoms with E-state index in [2.05, 4.69) is 10.2 Å². The first kappa shape index (κ1) is 24.7. The summed E-state index contributed by atoms with van der Waals surface area (Å²) in [6.45, 7) is 3.73. The first-order valence-electron chi connectivity index (χ1n) is 9.80. The lowest BCUT2D eigenvalue weighted by Gasteiger charge is -2.29. The monoisotopic (exact) mass is 452 g/mol. The van der Waals surface area contributed by atoms with Crippen LogP contribution in [0.2, 0.25) is 0 Å². The normalized spacial score (nSPS) is 13.6. The van der Waals surface area contributed by atoms with Gasteiger partial charge in [0, 0.05) is 24.3 Å². The van der Waals surface area contributed by atoms with E-state index >= 15 is 0 Å². The lowest BCUT2D eigenvalue weighted by molar-refractivity contribution is -0.192. The van der Waals surface area contributed by atoms with Crippen LogP contribution in [0.5, 0.6) is 0 Å². The van der Waals surface area contributed by atoms with Gasteiger partial charge in [0.15, 0.2) is 0 Å². The number of amides is 1. The molecule has 172 valence electrons. The number of carboxylic acids is 2. The number of piperidine rings is 1. The standard InChI is InChI=1S/C20H22N2O3.C2HF3O2/c1-14-7-3-4-8-16(14)19(23)21-18-10-9-15(13-17(18)20(24)25)22-11-5-2-6-12-22;3-2(4,5)1(6)7/h3-4,7-10,13H,2,5-6,11-12H2,1H3,(H,21,23)(H,24,25);(H,6,7). The van der Waals surface area contributed by atoms with Crippen LogP contribution >= 0.6 is 0 Å². The molecule has 3 N–H and O–H groups in total. The second-order valence-corrected chi connectivity index (χ2v) is 7.15. The van der Waals surface area contributed by atoms with E-state index in [1.54, 1.807) is 24.3 Å². The first-order chi connectivity index (χ1) is 15.0. The van der Waals surface area contributed by atoms with Crippen LogP contribution in [0, 0.1) is 6.92 Å². The number of aromatic carboxylic acids is 1. The molecule has 0 radical (unpaired) electrons. The molecule has 1 saturated heterocycles. The van der Waals surface area contributed by atoms with E-state index in [1.807, 2.05) is 25.1 Å². The molecule has 1 fully saturated rings. The Hall–Kier alpha value is -3.56. The first-order valence-corrected chi connectivity index (χ1v) is 9.80. The van der Waals surface area contributed by atoms with Gasteiger partial charge in [-0.15, -0.1) is 0 Å². The molecule has 0 aliphatic carbocycles. The number of hydrogen-bond acceptors (Lipinski definition) is 4. The van der Waals surface area contributed by atoms with Gasteiger partial charge in [0.1, 0.15) is 0 Å². The van der Waals surface area contributed by atoms with E-state index < -0.39 is 18.1 Å². The Balaban J connectivity index is 0.000000451. The fourth-order valence-electron chi connectivity index (χ4n) is 3.18. The van der Waals surface area contributed by atoms with Crippen molar-refractivity contribution in [2.24, 2.45) is 0 Å². The molecular weight excluding hydrogens is 429 g/mol. The van der Waals surface area contributed by atoms with Crippen LogP contribution in [0.4, 0.5) is 24.5 Å². The Bertz CT molecular complexity index is 986. The third kappa shape index (κ3) is 6.73. The number of rotatable bonds is 4. The highest BCUT2D eigenvalue weighted by molar-refractivity contribution is 6.08. The van der Waals surface area contributed by atoms with Gasteiger partial charge in [0.25, 0.3) is 5.91 Å². The predicted octanol–water partition coefficient (Wildman–Crippen LogP) is 4.57. The van der Waals surface area contributed by atoms with Crippen molar-refractivity contribution in [1.82, 2.24) is 0 Å². The average molecular weight is 452 g/mol. The van der Waals surface area contributed by atoms with Gasteiger partial charge in [-0.1, -0.05) is 18.2 Å². The Morgan fingerprint density at radius 3 is 2.06 bits per heavy atom. The maximum Gasteiger partial charge on any atom is 0.490 e. The van der Waals surface area contributed by atoms with Gasteiger partial charge in [-0.05, 0) is 56.0 Å². The molecule has 0 bridgehead atoms. The second kappa shape index (κ2) is 10.7. The SMILES string of the molecule is Cc1ccccc1C(=O)Nc1ccc(N2CCCCC2)cc1C(=O)O.O=C(O)C(F)(F)F. The highest BCUT2D eigenvalue weighted by Crippen LogP contribution is 2.26. The zero-order valence-corrected chi connectivity index (χ0v) is 17.3. The van der Waals surface area contributed by atoms with Crippen molar-refractivity contribution in [3.8, 4) is 0 Å². The maximum absolute atomic E-state index is 12.5. The van der Waals surface area contributed by atoms with E-state index in [-0.39, 0.29) is 11.5 Å². The molecule has 0 unspecified atom stereocenters. The fourth-order valence-corrected chi connectivity index (χ4v) is 3.18. The smallest absolute Gasteiger partial charge is 0.478 e. The Morgan fingerprint density at radius 1 is 0.938 bits per heavy atom. The van der Waals surface area contributed by atoms with Crippen molar-refractivity contribution < 1.29 is 37.8 Å². The molecule has 3 rings (SSSR count). The largest absolute Gasteiger partial charge is 0.490 e. The third-order valence-electron chi connectivity index (χ3n) is 4.84. The van der Waals surface area contributed by atoms with Gasteiger partial charge in [0.2, 0.25) is 0 Å². The molecule has 2 aromatic rings. The van der Waals surface area contributed by atoms with Crippen LogP contribution in [0.15, 0.2) is 42.5 Å². The fraction of sp³-hybridized carbons (Fsp3) is 0.318. The maximum atomic E-state index is 12.5. The molecule has 7 nitrogen and oxygen atoms in total. The quantitative estimate of drug-likeness (QED) is 0.628. The Kier molecular flexibility index (Phi) is 8.22. The minimum Gasteiger partial charge on any atom is -0.478 e. The van der Waals surface area contributed by atoms with Gasteiger partial charge in [-0.25, -0.2) is 9.59 Å². The summed E-state index contributed by atoms with van der Waals surface area (Å²) in [5.41, 5.74) is 2.72. The molecule has 1 heterocycles. The number of hydrogen-bond donors (Lipinski definition) is 3. The summed E-state index contributed by atoms with van der Waals surface area (Å²) >= 11 is 0. The van der Waals surface area contributed by atoms with Gasteiger partial charge in [0.05, 0.1) is 11.3 Å². The van der Waals surface area contributed by atoms with Gasteiger partial charge in [-0.3, -0.25) is 4.79 Å². The summed E-state index contributed by atoms with van der Waals surface area (Å²) < 4.78 is 31.7. The van der Waals surface area contributed by atoms with Gasteiger partial charge >= 0.3 is 18.1 Å². The van der Waals surface area contributed by atoms with Crippen LogP contribution in [0.25, 0.3) is 0 Å². The van der Waals surface area contributed by atoms with Crippen molar-refractivity contribution >= 4 is 29.2 Å². The summed E-state index contributed by atoms with van der Waals surface area (Å²) in [4.78, 5) is 35.2. The van der Waals surface area contributed by atoms with Crippen molar-refractivity contribution in [2.45, 2.75) is 32.4 Å². The third-order valence-corrected chi connectivity index (χ3v) is 4.84. The molecule has 10 heteroatoms.